The van der Waals surface area contributed by atoms with Gasteiger partial charge in [-0.1, -0.05) is 89.8 Å². The van der Waals surface area contributed by atoms with Crippen LogP contribution in [0.1, 0.15) is 52.0 Å². The summed E-state index contributed by atoms with van der Waals surface area (Å²) in [7, 11) is 1.02. The third-order valence-corrected chi connectivity index (χ3v) is 8.67. The molecule has 0 saturated heterocycles. The van der Waals surface area contributed by atoms with Gasteiger partial charge in [0.25, 0.3) is 11.1 Å². The van der Waals surface area contributed by atoms with Crippen molar-refractivity contribution >= 4 is 87.9 Å². The Hall–Kier alpha value is -2.41. The molecule has 0 aliphatic heterocycles. The molecule has 59 heavy (non-hydrogen) atoms. The molecule has 0 unspecified atom stereocenters. The molecule has 2 aromatic carbocycles. The maximum Gasteiger partial charge on any atom is 1.00 e. The number of hydrogen-bond acceptors (Lipinski definition) is 8. The van der Waals surface area contributed by atoms with E-state index in [-0.39, 0.29) is 70.4 Å². The Kier molecular flexibility index (Phi) is 40.4. The van der Waals surface area contributed by atoms with E-state index in [1.165, 1.54) is 0 Å². The van der Waals surface area contributed by atoms with Gasteiger partial charge in [0.1, 0.15) is 5.15 Å². The van der Waals surface area contributed by atoms with Gasteiger partial charge in [-0.2, -0.15) is 7.11 Å². The third-order valence-electron chi connectivity index (χ3n) is 6.52. The summed E-state index contributed by atoms with van der Waals surface area (Å²) in [6.45, 7) is 7.45. The standard InChI is InChI=1S/C12H10BrNO.C7H8BrNO.C6H7BO2.C6H5BrClN.C6H6BrNO.CH3O.4CH4.Na/c1-9-7-10(13)8-14(12(9)15)11-5-3-2-4-6-11;1-5-3-6(8)4-9-7(5)10-2;8-7(9)6-4-2-1-3-5-6;1-4-2-5(7)3-9-6(4)8;1-4-2-5(7)3-8-6(4)9;1-2;;;;;/h2-8H,1H3;3-4H,1-2H3;1-5,8-9H;2-3H,1H3;2-3H,1H3,(H,8,9);1H3;4*1H4;/q;;;;;-1;;;;;+1. The second kappa shape index (κ2) is 36.3. The molecular formula is C42H55BBr4ClN4NaO6. The van der Waals surface area contributed by atoms with E-state index in [1.54, 1.807) is 73.7 Å². The predicted molar refractivity (Wildman–Crippen MR) is 258 cm³/mol. The number of para-hydroxylation sites is 1. The SMILES string of the molecule is C.C.C.C.COc1ncc(Br)cc1C.C[O-].Cc1cc(Br)c[nH]c1=O.Cc1cc(Br)cn(-c2ccccc2)c1=O.Cc1cc(Br)cnc1Cl.OB(O)c1ccccc1.[Na+]. The Morgan fingerprint density at radius 3 is 1.56 bits per heavy atom. The molecule has 0 radical (unpaired) electrons. The van der Waals surface area contributed by atoms with Crippen LogP contribution >= 0.6 is 75.3 Å². The molecular weight excluding hydrogens is 1050 g/mol. The van der Waals surface area contributed by atoms with Gasteiger partial charge < -0.3 is 24.9 Å². The number of aromatic nitrogens is 4. The molecule has 4 aromatic heterocycles. The van der Waals surface area contributed by atoms with Crippen LogP contribution in [0.25, 0.3) is 5.69 Å². The van der Waals surface area contributed by atoms with Gasteiger partial charge in [0.2, 0.25) is 5.88 Å². The molecule has 0 bridgehead atoms. The molecule has 0 spiro atoms. The van der Waals surface area contributed by atoms with Crippen molar-refractivity contribution in [2.24, 2.45) is 0 Å². The molecule has 318 valence electrons. The maximum atomic E-state index is 11.9. The van der Waals surface area contributed by atoms with E-state index in [4.69, 9.17) is 31.5 Å². The number of methoxy groups -OCH3 is 1. The van der Waals surface area contributed by atoms with E-state index in [2.05, 4.69) is 78.7 Å². The smallest absolute Gasteiger partial charge is 0.857 e. The number of ether oxygens (including phenoxy) is 1. The van der Waals surface area contributed by atoms with E-state index in [9.17, 15) is 9.59 Å². The minimum absolute atomic E-state index is 0. The van der Waals surface area contributed by atoms with Crippen LogP contribution in [-0.2, 0) is 0 Å². The number of nitrogens with zero attached hydrogens (tertiary/aromatic N) is 3. The van der Waals surface area contributed by atoms with E-state index < -0.39 is 7.12 Å². The normalized spacial score (nSPS) is 8.64. The Morgan fingerprint density at radius 2 is 1.15 bits per heavy atom. The number of aryl methyl sites for hydroxylation is 4. The molecule has 0 fully saturated rings. The monoisotopic (exact) mass is 1100 g/mol. The molecule has 6 rings (SSSR count). The van der Waals surface area contributed by atoms with Crippen molar-refractivity contribution in [1.82, 2.24) is 19.5 Å². The summed E-state index contributed by atoms with van der Waals surface area (Å²) in [6, 6.07) is 25.7. The Labute approximate surface area is 411 Å². The first-order valence-corrected chi connectivity index (χ1v) is 19.2. The summed E-state index contributed by atoms with van der Waals surface area (Å²) in [5.41, 5.74) is 4.88. The van der Waals surface area contributed by atoms with Crippen molar-refractivity contribution in [3.05, 3.63) is 176 Å². The fourth-order valence-electron chi connectivity index (χ4n) is 3.91. The first-order valence-electron chi connectivity index (χ1n) is 15.7. The average Bonchev–Trinajstić information content (AvgIpc) is 3.16. The van der Waals surface area contributed by atoms with Gasteiger partial charge in [-0.25, -0.2) is 9.97 Å². The van der Waals surface area contributed by atoms with Gasteiger partial charge in [-0.05, 0) is 139 Å². The molecule has 6 aromatic rings. The quantitative estimate of drug-likeness (QED) is 0.124. The van der Waals surface area contributed by atoms with E-state index in [0.717, 1.165) is 52.9 Å². The minimum Gasteiger partial charge on any atom is -0.857 e. The van der Waals surface area contributed by atoms with Crippen molar-refractivity contribution in [3.63, 3.8) is 0 Å². The van der Waals surface area contributed by atoms with Gasteiger partial charge in [0.15, 0.2) is 0 Å². The van der Waals surface area contributed by atoms with Crippen LogP contribution in [0.5, 0.6) is 5.88 Å². The zero-order valence-corrected chi connectivity index (χ0v) is 40.3. The first-order chi connectivity index (χ1) is 25.6. The molecule has 0 atom stereocenters. The summed E-state index contributed by atoms with van der Waals surface area (Å²) in [5, 5.41) is 26.0. The summed E-state index contributed by atoms with van der Waals surface area (Å²) in [6.07, 6.45) is 6.79. The Bertz CT molecular complexity index is 2140. The second-order valence-corrected chi connectivity index (χ2v) is 14.7. The van der Waals surface area contributed by atoms with Crippen LogP contribution < -0.4 is 56.0 Å². The molecule has 0 aliphatic rings. The van der Waals surface area contributed by atoms with E-state index in [1.807, 2.05) is 75.4 Å². The second-order valence-electron chi connectivity index (χ2n) is 10.7. The molecule has 4 heterocycles. The topological polar surface area (TPSA) is 153 Å². The number of nitrogens with one attached hydrogen (secondary N) is 1. The minimum atomic E-state index is -1.34. The van der Waals surface area contributed by atoms with Crippen LogP contribution in [0, 0.1) is 27.7 Å². The molecule has 3 N–H and O–H groups in total. The van der Waals surface area contributed by atoms with Gasteiger partial charge in [-0.15, -0.1) is 0 Å². The number of halogens is 5. The molecule has 0 aliphatic carbocycles. The first kappa shape index (κ1) is 65.7. The van der Waals surface area contributed by atoms with E-state index >= 15 is 0 Å². The van der Waals surface area contributed by atoms with Crippen LogP contribution in [-0.4, -0.2) is 50.9 Å². The molecule has 10 nitrogen and oxygen atoms in total. The summed E-state index contributed by atoms with van der Waals surface area (Å²) in [4.78, 5) is 33.0. The van der Waals surface area contributed by atoms with Crippen LogP contribution in [0.15, 0.2) is 137 Å². The number of rotatable bonds is 3. The number of H-pyrrole nitrogens is 1. The largest absolute Gasteiger partial charge is 1.00 e. The maximum absolute atomic E-state index is 11.9. The molecule has 17 heteroatoms. The average molecular weight is 1100 g/mol. The van der Waals surface area contributed by atoms with Crippen LogP contribution in [0.2, 0.25) is 5.15 Å². The van der Waals surface area contributed by atoms with Crippen molar-refractivity contribution in [3.8, 4) is 11.6 Å². The zero-order valence-electron chi connectivity index (χ0n) is 31.2. The zero-order chi connectivity index (χ0) is 40.8. The summed E-state index contributed by atoms with van der Waals surface area (Å²) in [5.74, 6) is 0.684. The van der Waals surface area contributed by atoms with E-state index in [0.29, 0.717) is 16.5 Å². The number of aromatic amines is 1. The van der Waals surface area contributed by atoms with Crippen molar-refractivity contribution in [2.45, 2.75) is 57.4 Å². The fraction of sp³-hybridized carbons (Fsp3) is 0.238. The predicted octanol–water partition coefficient (Wildman–Crippen LogP) is 7.21. The van der Waals surface area contributed by atoms with Gasteiger partial charge >= 0.3 is 36.7 Å². The number of benzene rings is 2. The molecule has 0 saturated carbocycles. The fourth-order valence-corrected chi connectivity index (χ4v) is 5.91. The number of pyridine rings is 4. The van der Waals surface area contributed by atoms with Gasteiger partial charge in [-0.3, -0.25) is 14.2 Å². The third kappa shape index (κ3) is 25.9. The van der Waals surface area contributed by atoms with Gasteiger partial charge in [0, 0.05) is 65.1 Å². The van der Waals surface area contributed by atoms with Crippen molar-refractivity contribution < 1.29 is 49.4 Å². The Morgan fingerprint density at radius 1 is 0.695 bits per heavy atom. The molecule has 0 amide bonds. The number of hydrogen-bond donors (Lipinski definition) is 3. The van der Waals surface area contributed by atoms with Crippen LogP contribution in [0.3, 0.4) is 0 Å². The van der Waals surface area contributed by atoms with Crippen LogP contribution in [0.4, 0.5) is 0 Å². The summed E-state index contributed by atoms with van der Waals surface area (Å²) < 4.78 is 10.4. The van der Waals surface area contributed by atoms with Gasteiger partial charge in [0.05, 0.1) is 7.11 Å². The van der Waals surface area contributed by atoms with Crippen molar-refractivity contribution in [1.29, 1.82) is 0 Å². The summed E-state index contributed by atoms with van der Waals surface area (Å²) >= 11 is 18.8. The Balaban J connectivity index is -0.000000203. The van der Waals surface area contributed by atoms with Crippen molar-refractivity contribution in [2.75, 3.05) is 14.2 Å².